The standard InChI is InChI=1S/C22H27N5O/c23-12-5-2-6-16-27-21(28)17-20(19-10-13-24-14-11-19)26-22(27)25-15-9-18-7-3-1-4-8-18/h1,3-4,7-8,10-11,13-14,17H,2,5-6,9,12,15-16,23H2,(H,25,26). The molecule has 6 heteroatoms. The zero-order valence-corrected chi connectivity index (χ0v) is 16.1. The normalized spacial score (nSPS) is 10.8. The van der Waals surface area contributed by atoms with Gasteiger partial charge < -0.3 is 11.1 Å². The fourth-order valence-corrected chi connectivity index (χ4v) is 3.08. The lowest BCUT2D eigenvalue weighted by molar-refractivity contribution is 0.576. The maximum atomic E-state index is 12.8. The van der Waals surface area contributed by atoms with Gasteiger partial charge in [0.2, 0.25) is 5.95 Å². The van der Waals surface area contributed by atoms with Crippen LogP contribution >= 0.6 is 0 Å². The molecule has 2 aromatic heterocycles. The molecule has 28 heavy (non-hydrogen) atoms. The largest absolute Gasteiger partial charge is 0.355 e. The minimum atomic E-state index is -0.0447. The molecule has 146 valence electrons. The van der Waals surface area contributed by atoms with Crippen molar-refractivity contribution in [1.82, 2.24) is 14.5 Å². The van der Waals surface area contributed by atoms with Crippen LogP contribution in [0, 0.1) is 0 Å². The highest BCUT2D eigenvalue weighted by molar-refractivity contribution is 5.59. The summed E-state index contributed by atoms with van der Waals surface area (Å²) >= 11 is 0. The van der Waals surface area contributed by atoms with Crippen molar-refractivity contribution in [2.24, 2.45) is 5.73 Å². The van der Waals surface area contributed by atoms with Gasteiger partial charge in [0, 0.05) is 37.1 Å². The molecule has 0 radical (unpaired) electrons. The maximum absolute atomic E-state index is 12.8. The molecule has 0 spiro atoms. The molecule has 0 bridgehead atoms. The van der Waals surface area contributed by atoms with Crippen LogP contribution in [-0.2, 0) is 13.0 Å². The molecule has 0 saturated carbocycles. The molecule has 0 aliphatic carbocycles. The van der Waals surface area contributed by atoms with Crippen molar-refractivity contribution in [3.8, 4) is 11.3 Å². The number of rotatable bonds is 10. The van der Waals surface area contributed by atoms with Gasteiger partial charge >= 0.3 is 0 Å². The molecule has 3 N–H and O–H groups in total. The van der Waals surface area contributed by atoms with Crippen LogP contribution in [0.2, 0.25) is 0 Å². The second-order valence-corrected chi connectivity index (χ2v) is 6.70. The van der Waals surface area contributed by atoms with E-state index in [1.165, 1.54) is 5.56 Å². The number of pyridine rings is 1. The molecule has 0 atom stereocenters. The van der Waals surface area contributed by atoms with E-state index in [0.29, 0.717) is 31.3 Å². The summed E-state index contributed by atoms with van der Waals surface area (Å²) in [6.45, 7) is 2.02. The van der Waals surface area contributed by atoms with Gasteiger partial charge in [-0.2, -0.15) is 0 Å². The summed E-state index contributed by atoms with van der Waals surface area (Å²) < 4.78 is 1.73. The second-order valence-electron chi connectivity index (χ2n) is 6.70. The van der Waals surface area contributed by atoms with Crippen molar-refractivity contribution in [2.75, 3.05) is 18.4 Å². The molecule has 0 saturated heterocycles. The topological polar surface area (TPSA) is 85.8 Å². The van der Waals surface area contributed by atoms with Crippen molar-refractivity contribution >= 4 is 5.95 Å². The number of hydrogen-bond donors (Lipinski definition) is 2. The Balaban J connectivity index is 1.80. The number of benzene rings is 1. The third-order valence-electron chi connectivity index (χ3n) is 4.61. The SMILES string of the molecule is NCCCCCn1c(NCCc2ccccc2)nc(-c2ccncc2)cc1=O. The van der Waals surface area contributed by atoms with E-state index in [9.17, 15) is 4.79 Å². The van der Waals surface area contributed by atoms with Crippen LogP contribution in [0.5, 0.6) is 0 Å². The third kappa shape index (κ3) is 5.50. The van der Waals surface area contributed by atoms with Gasteiger partial charge in [-0.3, -0.25) is 14.3 Å². The van der Waals surface area contributed by atoms with E-state index >= 15 is 0 Å². The predicted molar refractivity (Wildman–Crippen MR) is 113 cm³/mol. The van der Waals surface area contributed by atoms with Crippen molar-refractivity contribution in [1.29, 1.82) is 0 Å². The number of anilines is 1. The van der Waals surface area contributed by atoms with E-state index in [-0.39, 0.29) is 5.56 Å². The lowest BCUT2D eigenvalue weighted by atomic mass is 10.1. The Hall–Kier alpha value is -2.99. The number of nitrogens with two attached hydrogens (primary N) is 1. The molecule has 3 aromatic rings. The smallest absolute Gasteiger partial charge is 0.255 e. The van der Waals surface area contributed by atoms with Crippen LogP contribution in [0.25, 0.3) is 11.3 Å². The summed E-state index contributed by atoms with van der Waals surface area (Å²) in [6.07, 6.45) is 7.15. The average molecular weight is 377 g/mol. The van der Waals surface area contributed by atoms with Gasteiger partial charge in [0.15, 0.2) is 0 Å². The van der Waals surface area contributed by atoms with E-state index in [1.807, 2.05) is 30.3 Å². The summed E-state index contributed by atoms with van der Waals surface area (Å²) in [4.78, 5) is 21.5. The Kier molecular flexibility index (Phi) is 7.32. The van der Waals surface area contributed by atoms with Crippen molar-refractivity contribution < 1.29 is 0 Å². The summed E-state index contributed by atoms with van der Waals surface area (Å²) in [6, 6.07) is 15.6. The van der Waals surface area contributed by atoms with Crippen LogP contribution in [0.4, 0.5) is 5.95 Å². The van der Waals surface area contributed by atoms with E-state index in [0.717, 1.165) is 31.2 Å². The Morgan fingerprint density at radius 3 is 2.54 bits per heavy atom. The molecule has 3 rings (SSSR count). The molecule has 0 aliphatic heterocycles. The van der Waals surface area contributed by atoms with Gasteiger partial charge in [0.05, 0.1) is 5.69 Å². The number of nitrogens with one attached hydrogen (secondary N) is 1. The third-order valence-corrected chi connectivity index (χ3v) is 4.61. The van der Waals surface area contributed by atoms with Gasteiger partial charge in [0.25, 0.3) is 5.56 Å². The van der Waals surface area contributed by atoms with Gasteiger partial charge in [-0.25, -0.2) is 4.98 Å². The number of aromatic nitrogens is 3. The minimum Gasteiger partial charge on any atom is -0.355 e. The van der Waals surface area contributed by atoms with Crippen LogP contribution in [0.1, 0.15) is 24.8 Å². The molecule has 2 heterocycles. The van der Waals surface area contributed by atoms with Crippen molar-refractivity contribution in [2.45, 2.75) is 32.2 Å². The maximum Gasteiger partial charge on any atom is 0.255 e. The number of unbranched alkanes of at least 4 members (excludes halogenated alkanes) is 2. The second kappa shape index (κ2) is 10.4. The molecule has 0 amide bonds. The summed E-state index contributed by atoms with van der Waals surface area (Å²) in [5.74, 6) is 0.614. The molecular formula is C22H27N5O. The Morgan fingerprint density at radius 1 is 1.00 bits per heavy atom. The summed E-state index contributed by atoms with van der Waals surface area (Å²) in [7, 11) is 0. The fourth-order valence-electron chi connectivity index (χ4n) is 3.08. The Labute approximate surface area is 165 Å². The van der Waals surface area contributed by atoms with Crippen molar-refractivity contribution in [3.05, 3.63) is 76.8 Å². The number of nitrogens with zero attached hydrogens (tertiary/aromatic N) is 3. The highest BCUT2D eigenvalue weighted by Crippen LogP contribution is 2.16. The fraction of sp³-hybridized carbons (Fsp3) is 0.318. The first kappa shape index (κ1) is 19.8. The van der Waals surface area contributed by atoms with Gasteiger partial charge in [0.1, 0.15) is 0 Å². The summed E-state index contributed by atoms with van der Waals surface area (Å²) in [5.41, 5.74) is 8.32. The van der Waals surface area contributed by atoms with Crippen LogP contribution in [0.3, 0.4) is 0 Å². The van der Waals surface area contributed by atoms with Gasteiger partial charge in [-0.15, -0.1) is 0 Å². The molecule has 0 aliphatic rings. The van der Waals surface area contributed by atoms with E-state index in [1.54, 1.807) is 23.0 Å². The van der Waals surface area contributed by atoms with Crippen molar-refractivity contribution in [3.63, 3.8) is 0 Å². The first-order chi connectivity index (χ1) is 13.8. The van der Waals surface area contributed by atoms with E-state index in [2.05, 4.69) is 22.4 Å². The minimum absolute atomic E-state index is 0.0447. The first-order valence-corrected chi connectivity index (χ1v) is 9.78. The van der Waals surface area contributed by atoms with Crippen LogP contribution in [0.15, 0.2) is 65.7 Å². The quantitative estimate of drug-likeness (QED) is 0.530. The highest BCUT2D eigenvalue weighted by atomic mass is 16.1. The predicted octanol–water partition coefficient (Wildman–Crippen LogP) is 3.09. The van der Waals surface area contributed by atoms with Gasteiger partial charge in [-0.05, 0) is 43.5 Å². The molecule has 0 unspecified atom stereocenters. The lowest BCUT2D eigenvalue weighted by Crippen LogP contribution is -2.25. The molecule has 1 aromatic carbocycles. The first-order valence-electron chi connectivity index (χ1n) is 9.78. The molecule has 0 fully saturated rings. The van der Waals surface area contributed by atoms with Crippen LogP contribution in [-0.4, -0.2) is 27.6 Å². The average Bonchev–Trinajstić information content (AvgIpc) is 2.74. The molecule has 6 nitrogen and oxygen atoms in total. The van der Waals surface area contributed by atoms with E-state index in [4.69, 9.17) is 10.7 Å². The monoisotopic (exact) mass is 377 g/mol. The van der Waals surface area contributed by atoms with E-state index < -0.39 is 0 Å². The zero-order chi connectivity index (χ0) is 19.6. The Bertz CT molecular complexity index is 909. The molecular weight excluding hydrogens is 350 g/mol. The zero-order valence-electron chi connectivity index (χ0n) is 16.1. The lowest BCUT2D eigenvalue weighted by Gasteiger charge is -2.15. The highest BCUT2D eigenvalue weighted by Gasteiger charge is 2.10. The Morgan fingerprint density at radius 2 is 1.79 bits per heavy atom. The summed E-state index contributed by atoms with van der Waals surface area (Å²) in [5, 5.41) is 3.37. The van der Waals surface area contributed by atoms with Crippen LogP contribution < -0.4 is 16.6 Å². The van der Waals surface area contributed by atoms with Gasteiger partial charge in [-0.1, -0.05) is 36.8 Å². The number of hydrogen-bond acceptors (Lipinski definition) is 5.